The molecule has 1 atom stereocenters. The van der Waals surface area contributed by atoms with Crippen LogP contribution in [0.2, 0.25) is 0 Å². The van der Waals surface area contributed by atoms with Crippen molar-refractivity contribution < 1.29 is 14.1 Å². The number of rotatable bonds is 6. The Kier molecular flexibility index (Phi) is 5.60. The van der Waals surface area contributed by atoms with E-state index in [2.05, 4.69) is 25.7 Å². The predicted octanol–water partition coefficient (Wildman–Crippen LogP) is 1.61. The van der Waals surface area contributed by atoms with Crippen LogP contribution in [0.25, 0.3) is 0 Å². The number of hydrogen-bond acceptors (Lipinski definition) is 7. The van der Waals surface area contributed by atoms with E-state index in [1.807, 2.05) is 13.8 Å². The molecule has 0 aliphatic rings. The van der Waals surface area contributed by atoms with Gasteiger partial charge in [-0.2, -0.15) is 10.1 Å². The number of nitrogens with zero attached hydrogens (tertiary/aromatic N) is 4. The van der Waals surface area contributed by atoms with Gasteiger partial charge < -0.3 is 14.6 Å². The highest BCUT2D eigenvalue weighted by molar-refractivity contribution is 5.68. The second-order valence-electron chi connectivity index (χ2n) is 7.16. The summed E-state index contributed by atoms with van der Waals surface area (Å²) in [5, 5.41) is 12.6. The maximum absolute atomic E-state index is 12.1. The van der Waals surface area contributed by atoms with E-state index in [1.54, 1.807) is 20.8 Å². The predicted molar refractivity (Wildman–Crippen MR) is 87.8 cm³/mol. The minimum Gasteiger partial charge on any atom is -0.444 e. The lowest BCUT2D eigenvalue weighted by molar-refractivity contribution is 0.0494. The van der Waals surface area contributed by atoms with Gasteiger partial charge in [0.15, 0.2) is 5.82 Å². The fraction of sp³-hybridized carbons (Fsp3) is 0.667. The van der Waals surface area contributed by atoms with E-state index in [4.69, 9.17) is 9.26 Å². The summed E-state index contributed by atoms with van der Waals surface area (Å²) in [7, 11) is 0. The van der Waals surface area contributed by atoms with E-state index in [0.717, 1.165) is 0 Å². The molecular weight excluding hydrogens is 328 g/mol. The number of carbonyl (C=O) groups excluding carboxylic acids is 1. The molecule has 0 aromatic carbocycles. The number of H-pyrrole nitrogens is 1. The molecule has 0 radical (unpaired) electrons. The van der Waals surface area contributed by atoms with E-state index in [-0.39, 0.29) is 18.1 Å². The summed E-state index contributed by atoms with van der Waals surface area (Å²) < 4.78 is 11.8. The Labute approximate surface area is 145 Å². The molecule has 0 fully saturated rings. The van der Waals surface area contributed by atoms with E-state index in [1.165, 1.54) is 10.9 Å². The largest absolute Gasteiger partial charge is 0.444 e. The molecule has 2 rings (SSSR count). The van der Waals surface area contributed by atoms with Crippen LogP contribution in [-0.2, 0) is 11.3 Å². The molecule has 0 bridgehead atoms. The lowest BCUT2D eigenvalue weighted by Gasteiger charge is -2.23. The van der Waals surface area contributed by atoms with E-state index >= 15 is 0 Å². The quantitative estimate of drug-likeness (QED) is 0.808. The van der Waals surface area contributed by atoms with Gasteiger partial charge >= 0.3 is 11.8 Å². The third kappa shape index (κ3) is 5.73. The van der Waals surface area contributed by atoms with Crippen molar-refractivity contribution in [3.63, 3.8) is 0 Å². The van der Waals surface area contributed by atoms with Crippen LogP contribution in [0.4, 0.5) is 4.79 Å². The highest BCUT2D eigenvalue weighted by Crippen LogP contribution is 2.20. The lowest BCUT2D eigenvalue weighted by Crippen LogP contribution is -2.35. The van der Waals surface area contributed by atoms with Crippen molar-refractivity contribution in [1.82, 2.24) is 30.2 Å². The van der Waals surface area contributed by atoms with E-state index < -0.39 is 17.7 Å². The summed E-state index contributed by atoms with van der Waals surface area (Å²) in [5.41, 5.74) is -0.970. The fourth-order valence-electron chi connectivity index (χ4n) is 2.15. The van der Waals surface area contributed by atoms with Crippen LogP contribution >= 0.6 is 0 Å². The molecule has 10 heteroatoms. The van der Waals surface area contributed by atoms with Crippen LogP contribution in [-0.4, -0.2) is 36.6 Å². The molecule has 25 heavy (non-hydrogen) atoms. The summed E-state index contributed by atoms with van der Waals surface area (Å²) in [4.78, 5) is 27.8. The molecule has 0 saturated heterocycles. The van der Waals surface area contributed by atoms with Gasteiger partial charge in [-0.05, 0) is 33.1 Å². The number of nitrogens with one attached hydrogen (secondary N) is 2. The van der Waals surface area contributed by atoms with Crippen molar-refractivity contribution in [1.29, 1.82) is 0 Å². The zero-order valence-electron chi connectivity index (χ0n) is 15.1. The molecule has 2 N–H and O–H groups in total. The SMILES string of the molecule is CC(C)CC(NC(=O)OC(C)(C)C)c1noc(Cn2cn[nH]c2=O)n1. The topological polar surface area (TPSA) is 128 Å². The van der Waals surface area contributed by atoms with Crippen molar-refractivity contribution >= 4 is 6.09 Å². The average Bonchev–Trinajstić information content (AvgIpc) is 3.06. The Balaban J connectivity index is 2.11. The van der Waals surface area contributed by atoms with Crippen LogP contribution in [0, 0.1) is 5.92 Å². The number of alkyl carbamates (subject to hydrolysis) is 1. The summed E-state index contributed by atoms with van der Waals surface area (Å²) in [6.45, 7) is 9.52. The van der Waals surface area contributed by atoms with Gasteiger partial charge in [0.1, 0.15) is 18.5 Å². The number of hydrogen-bond donors (Lipinski definition) is 2. The van der Waals surface area contributed by atoms with Crippen LogP contribution < -0.4 is 11.0 Å². The number of amides is 1. The number of carbonyl (C=O) groups is 1. The van der Waals surface area contributed by atoms with Crippen molar-refractivity contribution in [2.24, 2.45) is 5.92 Å². The summed E-state index contributed by atoms with van der Waals surface area (Å²) in [6.07, 6.45) is 1.41. The Bertz CT molecular complexity index is 754. The van der Waals surface area contributed by atoms with Gasteiger partial charge in [0.25, 0.3) is 0 Å². The van der Waals surface area contributed by atoms with E-state index in [0.29, 0.717) is 18.2 Å². The number of ether oxygens (including phenoxy) is 1. The highest BCUT2D eigenvalue weighted by Gasteiger charge is 2.25. The van der Waals surface area contributed by atoms with Crippen molar-refractivity contribution in [3.8, 4) is 0 Å². The Hall–Kier alpha value is -2.65. The second kappa shape index (κ2) is 7.49. The summed E-state index contributed by atoms with van der Waals surface area (Å²) in [6, 6.07) is -0.451. The molecule has 0 aliphatic carbocycles. The Morgan fingerprint density at radius 1 is 1.44 bits per heavy atom. The minimum absolute atomic E-state index is 0.100. The zero-order valence-corrected chi connectivity index (χ0v) is 15.1. The number of aromatic amines is 1. The van der Waals surface area contributed by atoms with Crippen LogP contribution in [0.1, 0.15) is 58.8 Å². The summed E-state index contributed by atoms with van der Waals surface area (Å²) in [5.74, 6) is 0.878. The van der Waals surface area contributed by atoms with Gasteiger partial charge in [-0.15, -0.1) is 0 Å². The molecule has 10 nitrogen and oxygen atoms in total. The highest BCUT2D eigenvalue weighted by atomic mass is 16.6. The first-order valence-corrected chi connectivity index (χ1v) is 8.06. The Morgan fingerprint density at radius 2 is 2.16 bits per heavy atom. The van der Waals surface area contributed by atoms with Crippen LogP contribution in [0.5, 0.6) is 0 Å². The number of aromatic nitrogens is 5. The monoisotopic (exact) mass is 352 g/mol. The smallest absolute Gasteiger partial charge is 0.408 e. The van der Waals surface area contributed by atoms with Crippen molar-refractivity contribution in [2.75, 3.05) is 0 Å². The zero-order chi connectivity index (χ0) is 18.6. The second-order valence-corrected chi connectivity index (χ2v) is 7.16. The molecular formula is C15H24N6O4. The van der Waals surface area contributed by atoms with Crippen molar-refractivity contribution in [3.05, 3.63) is 28.5 Å². The molecule has 2 heterocycles. The molecule has 0 saturated carbocycles. The molecule has 0 aliphatic heterocycles. The Morgan fingerprint density at radius 3 is 2.72 bits per heavy atom. The standard InChI is InChI=1S/C15H24N6O4/c1-9(2)6-10(17-14(23)24-15(3,4)5)12-18-11(25-20-12)7-21-8-16-19-13(21)22/h8-10H,6-7H2,1-5H3,(H,17,23)(H,19,22). The average molecular weight is 352 g/mol. The molecule has 2 aromatic rings. The molecule has 1 amide bonds. The van der Waals surface area contributed by atoms with E-state index in [9.17, 15) is 9.59 Å². The maximum Gasteiger partial charge on any atom is 0.408 e. The van der Waals surface area contributed by atoms with Gasteiger partial charge in [0.2, 0.25) is 5.89 Å². The fourth-order valence-corrected chi connectivity index (χ4v) is 2.15. The van der Waals surface area contributed by atoms with Gasteiger partial charge in [-0.3, -0.25) is 4.57 Å². The third-order valence-electron chi connectivity index (χ3n) is 3.12. The first-order valence-electron chi connectivity index (χ1n) is 8.06. The van der Waals surface area contributed by atoms with Gasteiger partial charge in [-0.1, -0.05) is 19.0 Å². The minimum atomic E-state index is -0.600. The first-order chi connectivity index (χ1) is 11.6. The molecule has 138 valence electrons. The normalized spacial score (nSPS) is 13.0. The van der Waals surface area contributed by atoms with Crippen LogP contribution in [0.15, 0.2) is 15.6 Å². The van der Waals surface area contributed by atoms with Crippen LogP contribution in [0.3, 0.4) is 0 Å². The maximum atomic E-state index is 12.1. The third-order valence-corrected chi connectivity index (χ3v) is 3.12. The molecule has 1 unspecified atom stereocenters. The van der Waals surface area contributed by atoms with Gasteiger partial charge in [-0.25, -0.2) is 14.7 Å². The van der Waals surface area contributed by atoms with Crippen molar-refractivity contribution in [2.45, 2.75) is 59.2 Å². The molecule has 2 aromatic heterocycles. The molecule has 0 spiro atoms. The lowest BCUT2D eigenvalue weighted by atomic mass is 10.0. The first kappa shape index (κ1) is 18.7. The van der Waals surface area contributed by atoms with Gasteiger partial charge in [0, 0.05) is 0 Å². The van der Waals surface area contributed by atoms with Gasteiger partial charge in [0.05, 0.1) is 6.04 Å². The summed E-state index contributed by atoms with van der Waals surface area (Å²) >= 11 is 0.